The Bertz CT molecular complexity index is 3410. The molecule has 9 aromatic carbocycles. The third kappa shape index (κ3) is 5.68. The number of aromatic nitrogens is 3. The number of hydrogen-bond donors (Lipinski definition) is 0. The van der Waals surface area contributed by atoms with Gasteiger partial charge in [0.1, 0.15) is 0 Å². The summed E-state index contributed by atoms with van der Waals surface area (Å²) in [6.07, 6.45) is 0. The fourth-order valence-electron chi connectivity index (χ4n) is 9.79. The van der Waals surface area contributed by atoms with Crippen LogP contribution in [0.4, 0.5) is 0 Å². The minimum Gasteiger partial charge on any atom is -0.208 e. The molecule has 1 aliphatic carbocycles. The molecule has 0 atom stereocenters. The van der Waals surface area contributed by atoms with Crippen LogP contribution in [0.15, 0.2) is 224 Å². The van der Waals surface area contributed by atoms with E-state index in [1.54, 1.807) is 0 Å². The zero-order valence-corrected chi connectivity index (χ0v) is 34.4. The van der Waals surface area contributed by atoms with E-state index >= 15 is 0 Å². The summed E-state index contributed by atoms with van der Waals surface area (Å²) in [5, 5.41) is 2.58. The predicted molar refractivity (Wildman–Crippen MR) is 257 cm³/mol. The Morgan fingerprint density at radius 2 is 0.790 bits per heavy atom. The van der Waals surface area contributed by atoms with Gasteiger partial charge in [0.25, 0.3) is 0 Å². The smallest absolute Gasteiger partial charge is 0.164 e. The summed E-state index contributed by atoms with van der Waals surface area (Å²) in [6.45, 7) is 0. The van der Waals surface area contributed by atoms with Gasteiger partial charge in [-0.1, -0.05) is 212 Å². The number of benzene rings is 9. The minimum absolute atomic E-state index is 0.546. The van der Waals surface area contributed by atoms with Crippen molar-refractivity contribution in [3.8, 4) is 67.5 Å². The van der Waals surface area contributed by atoms with E-state index in [1.807, 2.05) is 11.3 Å². The molecule has 0 bridgehead atoms. The Hall–Kier alpha value is -7.79. The van der Waals surface area contributed by atoms with Crippen molar-refractivity contribution in [2.75, 3.05) is 0 Å². The zero-order chi connectivity index (χ0) is 41.0. The number of fused-ring (bicyclic) bond motifs is 6. The van der Waals surface area contributed by atoms with Crippen molar-refractivity contribution < 1.29 is 0 Å². The van der Waals surface area contributed by atoms with E-state index in [4.69, 9.17) is 15.0 Å². The second-order valence-corrected chi connectivity index (χ2v) is 16.9. The Balaban J connectivity index is 1.08. The van der Waals surface area contributed by atoms with E-state index in [-0.39, 0.29) is 0 Å². The molecular weight excluding hydrogens is 771 g/mol. The monoisotopic (exact) mass is 807 g/mol. The van der Waals surface area contributed by atoms with Gasteiger partial charge in [-0.2, -0.15) is 0 Å². The van der Waals surface area contributed by atoms with Crippen molar-refractivity contribution >= 4 is 31.5 Å². The van der Waals surface area contributed by atoms with Crippen molar-refractivity contribution in [1.29, 1.82) is 0 Å². The van der Waals surface area contributed by atoms with Crippen LogP contribution < -0.4 is 0 Å². The molecular formula is C58H37N3S. The van der Waals surface area contributed by atoms with Crippen LogP contribution in [0.2, 0.25) is 0 Å². The molecule has 12 rings (SSSR count). The molecule has 11 aromatic rings. The van der Waals surface area contributed by atoms with Gasteiger partial charge in [-0.3, -0.25) is 0 Å². The molecule has 0 spiro atoms. The largest absolute Gasteiger partial charge is 0.208 e. The average molecular weight is 808 g/mol. The van der Waals surface area contributed by atoms with Gasteiger partial charge in [0.2, 0.25) is 0 Å². The van der Waals surface area contributed by atoms with Gasteiger partial charge in [-0.25, -0.2) is 15.0 Å². The highest BCUT2D eigenvalue weighted by molar-refractivity contribution is 7.25. The number of thiophene rings is 1. The first-order chi connectivity index (χ1) is 30.8. The summed E-state index contributed by atoms with van der Waals surface area (Å²) in [4.78, 5) is 16.2. The molecule has 0 saturated heterocycles. The minimum atomic E-state index is -0.546. The Morgan fingerprint density at radius 3 is 1.53 bits per heavy atom. The summed E-state index contributed by atoms with van der Waals surface area (Å²) in [6, 6.07) is 80.3. The summed E-state index contributed by atoms with van der Waals surface area (Å²) in [5.74, 6) is 1.89. The molecule has 0 amide bonds. The van der Waals surface area contributed by atoms with E-state index in [2.05, 4.69) is 224 Å². The number of nitrogens with zero attached hydrogens (tertiary/aromatic N) is 3. The van der Waals surface area contributed by atoms with E-state index in [0.29, 0.717) is 17.5 Å². The van der Waals surface area contributed by atoms with Crippen LogP contribution in [-0.2, 0) is 5.41 Å². The van der Waals surface area contributed by atoms with Gasteiger partial charge < -0.3 is 0 Å². The Morgan fingerprint density at radius 1 is 0.306 bits per heavy atom. The lowest BCUT2D eigenvalue weighted by atomic mass is 9.67. The van der Waals surface area contributed by atoms with Crippen molar-refractivity contribution in [3.05, 3.63) is 247 Å². The van der Waals surface area contributed by atoms with Crippen LogP contribution >= 0.6 is 11.3 Å². The van der Waals surface area contributed by atoms with Crippen LogP contribution in [0.25, 0.3) is 87.7 Å². The second kappa shape index (κ2) is 14.7. The molecule has 0 saturated carbocycles. The van der Waals surface area contributed by atoms with E-state index in [0.717, 1.165) is 38.9 Å². The Kier molecular flexibility index (Phi) is 8.58. The summed E-state index contributed by atoms with van der Waals surface area (Å²) >= 11 is 1.84. The van der Waals surface area contributed by atoms with Gasteiger partial charge >= 0.3 is 0 Å². The molecule has 4 heteroatoms. The summed E-state index contributed by atoms with van der Waals surface area (Å²) in [5.41, 5.74) is 14.1. The number of rotatable bonds is 7. The van der Waals surface area contributed by atoms with Crippen LogP contribution in [-0.4, -0.2) is 15.0 Å². The standard InChI is InChI=1S/C58H37N3S/c1-4-18-38(19-5-1)43-24-10-11-25-45(43)56-59-55(40-36-34-39(35-37-40)44-28-17-33-52-54(44)47-27-13-15-32-51(47)62-52)60-57(61-56)48-29-16-31-50-53(48)46-26-12-14-30-49(46)58(50,41-20-6-2-7-21-41)42-22-8-3-9-23-42/h1-37H. The molecule has 0 fully saturated rings. The first-order valence-corrected chi connectivity index (χ1v) is 21.8. The lowest BCUT2D eigenvalue weighted by molar-refractivity contribution is 0.768. The van der Waals surface area contributed by atoms with E-state index in [1.165, 1.54) is 53.6 Å². The topological polar surface area (TPSA) is 38.7 Å². The summed E-state index contributed by atoms with van der Waals surface area (Å²) in [7, 11) is 0. The zero-order valence-electron chi connectivity index (χ0n) is 33.6. The molecule has 0 aliphatic heterocycles. The lowest BCUT2D eigenvalue weighted by Gasteiger charge is -2.33. The normalized spacial score (nSPS) is 12.6. The highest BCUT2D eigenvalue weighted by Gasteiger charge is 2.47. The third-order valence-electron chi connectivity index (χ3n) is 12.5. The molecule has 290 valence electrons. The SMILES string of the molecule is c1ccc(-c2ccccc2-c2nc(-c3ccc(-c4cccc5sc6ccccc6c45)cc3)nc(-c3cccc4c3-c3ccccc3C4(c3ccccc3)c3ccccc3)n2)cc1. The molecule has 0 N–H and O–H groups in total. The highest BCUT2D eigenvalue weighted by Crippen LogP contribution is 2.58. The fourth-order valence-corrected chi connectivity index (χ4v) is 10.9. The van der Waals surface area contributed by atoms with Gasteiger partial charge in [0.05, 0.1) is 5.41 Å². The van der Waals surface area contributed by atoms with Crippen LogP contribution in [0, 0.1) is 0 Å². The third-order valence-corrected chi connectivity index (χ3v) is 13.6. The molecule has 2 heterocycles. The van der Waals surface area contributed by atoms with Crippen LogP contribution in [0.5, 0.6) is 0 Å². The molecule has 0 radical (unpaired) electrons. The maximum Gasteiger partial charge on any atom is 0.164 e. The molecule has 0 unspecified atom stereocenters. The number of hydrogen-bond acceptors (Lipinski definition) is 4. The van der Waals surface area contributed by atoms with Gasteiger partial charge in [0.15, 0.2) is 17.5 Å². The van der Waals surface area contributed by atoms with Crippen molar-refractivity contribution in [2.24, 2.45) is 0 Å². The van der Waals surface area contributed by atoms with Crippen LogP contribution in [0.3, 0.4) is 0 Å². The second-order valence-electron chi connectivity index (χ2n) is 15.8. The predicted octanol–water partition coefficient (Wildman–Crippen LogP) is 14.9. The molecule has 1 aliphatic rings. The maximum atomic E-state index is 5.43. The molecule has 3 nitrogen and oxygen atoms in total. The van der Waals surface area contributed by atoms with Gasteiger partial charge in [0, 0.05) is 36.9 Å². The Labute approximate surface area is 364 Å². The first-order valence-electron chi connectivity index (χ1n) is 21.0. The fraction of sp³-hybridized carbons (Fsp3) is 0.0172. The van der Waals surface area contributed by atoms with Gasteiger partial charge in [-0.05, 0) is 67.8 Å². The van der Waals surface area contributed by atoms with E-state index in [9.17, 15) is 0 Å². The van der Waals surface area contributed by atoms with Gasteiger partial charge in [-0.15, -0.1) is 11.3 Å². The quantitative estimate of drug-likeness (QED) is 0.161. The molecule has 62 heavy (non-hydrogen) atoms. The van der Waals surface area contributed by atoms with Crippen molar-refractivity contribution in [2.45, 2.75) is 5.41 Å². The first kappa shape index (κ1) is 36.1. The summed E-state index contributed by atoms with van der Waals surface area (Å²) < 4.78 is 2.59. The average Bonchev–Trinajstić information content (AvgIpc) is 3.89. The molecule has 2 aromatic heterocycles. The lowest BCUT2D eigenvalue weighted by Crippen LogP contribution is -2.28. The highest BCUT2D eigenvalue weighted by atomic mass is 32.1. The van der Waals surface area contributed by atoms with Crippen molar-refractivity contribution in [1.82, 2.24) is 15.0 Å². The van der Waals surface area contributed by atoms with Crippen molar-refractivity contribution in [3.63, 3.8) is 0 Å². The van der Waals surface area contributed by atoms with E-state index < -0.39 is 5.41 Å². The maximum absolute atomic E-state index is 5.43. The van der Waals surface area contributed by atoms with Crippen LogP contribution in [0.1, 0.15) is 22.3 Å².